The van der Waals surface area contributed by atoms with Crippen LogP contribution in [0.5, 0.6) is 0 Å². The molecule has 3 atom stereocenters. The summed E-state index contributed by atoms with van der Waals surface area (Å²) in [7, 11) is -3.81. The first kappa shape index (κ1) is 8.47. The Morgan fingerprint density at radius 3 is 2.58 bits per heavy atom. The molecule has 0 spiro atoms. The van der Waals surface area contributed by atoms with E-state index >= 15 is 0 Å². The lowest BCUT2D eigenvalue weighted by Gasteiger charge is -2.15. The molecule has 2 heterocycles. The molecule has 0 amide bonds. The van der Waals surface area contributed by atoms with Crippen molar-refractivity contribution in [3.63, 3.8) is 0 Å². The van der Waals surface area contributed by atoms with E-state index in [1.807, 2.05) is 0 Å². The Morgan fingerprint density at radius 2 is 2.17 bits per heavy atom. The van der Waals surface area contributed by atoms with Crippen LogP contribution in [-0.2, 0) is 14.9 Å². The first-order valence-electron chi connectivity index (χ1n) is 4.15. The second kappa shape index (κ2) is 2.68. The summed E-state index contributed by atoms with van der Waals surface area (Å²) in [6.45, 7) is 0. The van der Waals surface area contributed by atoms with Crippen molar-refractivity contribution in [2.75, 3.05) is 5.75 Å². The van der Waals surface area contributed by atoms with Gasteiger partial charge in [-0.1, -0.05) is 0 Å². The summed E-state index contributed by atoms with van der Waals surface area (Å²) in [6, 6.07) is 0. The fourth-order valence-corrected chi connectivity index (χ4v) is 3.08. The predicted molar refractivity (Wildman–Crippen MR) is 42.4 cm³/mol. The third-order valence-electron chi connectivity index (χ3n) is 2.66. The van der Waals surface area contributed by atoms with E-state index in [0.717, 1.165) is 19.3 Å². The van der Waals surface area contributed by atoms with Crippen molar-refractivity contribution in [1.29, 1.82) is 0 Å². The standard InChI is InChI=1S/C7H12O4S/c8-12(9,10)4-5-3-6-1-2-7(5)11-6/h5-7H,1-4H2,(H,8,9,10). The maximum absolute atomic E-state index is 10.6. The van der Waals surface area contributed by atoms with Crippen LogP contribution in [0.2, 0.25) is 0 Å². The first-order chi connectivity index (χ1) is 5.54. The Hall–Kier alpha value is -0.130. The van der Waals surface area contributed by atoms with Crippen molar-refractivity contribution in [3.05, 3.63) is 0 Å². The summed E-state index contributed by atoms with van der Waals surface area (Å²) in [5.41, 5.74) is 0. The van der Waals surface area contributed by atoms with Crippen LogP contribution in [-0.4, -0.2) is 30.9 Å². The van der Waals surface area contributed by atoms with Gasteiger partial charge in [0.2, 0.25) is 0 Å². The molecule has 2 saturated heterocycles. The Kier molecular flexibility index (Phi) is 1.89. The highest BCUT2D eigenvalue weighted by molar-refractivity contribution is 7.85. The van der Waals surface area contributed by atoms with Crippen molar-refractivity contribution in [1.82, 2.24) is 0 Å². The highest BCUT2D eigenvalue weighted by Gasteiger charge is 2.42. The average molecular weight is 192 g/mol. The van der Waals surface area contributed by atoms with Crippen LogP contribution >= 0.6 is 0 Å². The topological polar surface area (TPSA) is 63.6 Å². The summed E-state index contributed by atoms with van der Waals surface area (Å²) < 4.78 is 35.2. The zero-order valence-electron chi connectivity index (χ0n) is 6.64. The summed E-state index contributed by atoms with van der Waals surface area (Å²) in [5, 5.41) is 0. The lowest BCUT2D eigenvalue weighted by molar-refractivity contribution is 0.0950. The van der Waals surface area contributed by atoms with E-state index in [1.54, 1.807) is 0 Å². The van der Waals surface area contributed by atoms with Gasteiger partial charge in [-0.15, -0.1) is 0 Å². The quantitative estimate of drug-likeness (QED) is 0.645. The highest BCUT2D eigenvalue weighted by atomic mass is 32.2. The van der Waals surface area contributed by atoms with Crippen LogP contribution in [0.4, 0.5) is 0 Å². The van der Waals surface area contributed by atoms with E-state index in [2.05, 4.69) is 0 Å². The molecular formula is C7H12O4S. The largest absolute Gasteiger partial charge is 0.375 e. The van der Waals surface area contributed by atoms with E-state index in [1.165, 1.54) is 0 Å². The molecule has 2 aliphatic rings. The van der Waals surface area contributed by atoms with Crippen LogP contribution in [0.15, 0.2) is 0 Å². The Morgan fingerprint density at radius 1 is 1.42 bits per heavy atom. The molecule has 0 aromatic heterocycles. The summed E-state index contributed by atoms with van der Waals surface area (Å²) in [4.78, 5) is 0. The summed E-state index contributed by atoms with van der Waals surface area (Å²) in [5.74, 6) is -0.104. The van der Waals surface area contributed by atoms with Crippen LogP contribution in [0.25, 0.3) is 0 Å². The van der Waals surface area contributed by atoms with Crippen molar-refractivity contribution in [3.8, 4) is 0 Å². The number of hydrogen-bond donors (Lipinski definition) is 1. The third-order valence-corrected chi connectivity index (χ3v) is 3.51. The minimum atomic E-state index is -3.81. The first-order valence-corrected chi connectivity index (χ1v) is 5.76. The molecule has 0 radical (unpaired) electrons. The van der Waals surface area contributed by atoms with Crippen molar-refractivity contribution in [2.24, 2.45) is 5.92 Å². The summed E-state index contributed by atoms with van der Waals surface area (Å²) >= 11 is 0. The van der Waals surface area contributed by atoms with Crippen LogP contribution < -0.4 is 0 Å². The fraction of sp³-hybridized carbons (Fsp3) is 1.00. The number of fused-ring (bicyclic) bond motifs is 2. The van der Waals surface area contributed by atoms with Crippen molar-refractivity contribution >= 4 is 10.1 Å². The molecular weight excluding hydrogens is 180 g/mol. The van der Waals surface area contributed by atoms with Crippen molar-refractivity contribution in [2.45, 2.75) is 31.5 Å². The highest BCUT2D eigenvalue weighted by Crippen LogP contribution is 2.39. The Balaban J connectivity index is 2.00. The average Bonchev–Trinajstić information content (AvgIpc) is 2.42. The van der Waals surface area contributed by atoms with Gasteiger partial charge in [0.05, 0.1) is 18.0 Å². The molecule has 2 aliphatic heterocycles. The molecule has 5 heteroatoms. The molecule has 2 fully saturated rings. The van der Waals surface area contributed by atoms with E-state index in [0.29, 0.717) is 0 Å². The minimum Gasteiger partial charge on any atom is -0.375 e. The Labute approximate surface area is 71.7 Å². The smallest absolute Gasteiger partial charge is 0.265 e. The van der Waals surface area contributed by atoms with Gasteiger partial charge >= 0.3 is 0 Å². The van der Waals surface area contributed by atoms with Gasteiger partial charge in [-0.2, -0.15) is 8.42 Å². The molecule has 2 rings (SSSR count). The molecule has 0 saturated carbocycles. The van der Waals surface area contributed by atoms with Crippen LogP contribution in [0.1, 0.15) is 19.3 Å². The normalized spacial score (nSPS) is 40.6. The monoisotopic (exact) mass is 192 g/mol. The number of rotatable bonds is 2. The molecule has 70 valence electrons. The van der Waals surface area contributed by atoms with E-state index in [4.69, 9.17) is 9.29 Å². The molecule has 0 aromatic carbocycles. The van der Waals surface area contributed by atoms with E-state index in [9.17, 15) is 8.42 Å². The zero-order chi connectivity index (χ0) is 8.77. The third kappa shape index (κ3) is 1.62. The molecule has 0 aliphatic carbocycles. The van der Waals surface area contributed by atoms with Gasteiger partial charge in [0.15, 0.2) is 0 Å². The van der Waals surface area contributed by atoms with Gasteiger partial charge in [0.25, 0.3) is 10.1 Å². The zero-order valence-corrected chi connectivity index (χ0v) is 7.46. The second-order valence-electron chi connectivity index (χ2n) is 3.62. The number of ether oxygens (including phenoxy) is 1. The fourth-order valence-electron chi connectivity index (χ4n) is 2.19. The predicted octanol–water partition coefficient (Wildman–Crippen LogP) is 0.442. The molecule has 3 unspecified atom stereocenters. The Bertz CT molecular complexity index is 271. The van der Waals surface area contributed by atoms with Crippen LogP contribution in [0.3, 0.4) is 0 Å². The molecule has 4 nitrogen and oxygen atoms in total. The van der Waals surface area contributed by atoms with Gasteiger partial charge < -0.3 is 4.74 Å². The minimum absolute atomic E-state index is 0.0266. The molecule has 1 N–H and O–H groups in total. The second-order valence-corrected chi connectivity index (χ2v) is 5.12. The van der Waals surface area contributed by atoms with E-state index < -0.39 is 10.1 Å². The van der Waals surface area contributed by atoms with E-state index in [-0.39, 0.29) is 23.9 Å². The SMILES string of the molecule is O=S(=O)(O)CC1CC2CCC1O2. The lowest BCUT2D eigenvalue weighted by atomic mass is 9.91. The van der Waals surface area contributed by atoms with Gasteiger partial charge in [0.1, 0.15) is 0 Å². The maximum Gasteiger partial charge on any atom is 0.265 e. The van der Waals surface area contributed by atoms with Crippen molar-refractivity contribution < 1.29 is 17.7 Å². The van der Waals surface area contributed by atoms with Gasteiger partial charge in [-0.25, -0.2) is 0 Å². The maximum atomic E-state index is 10.6. The van der Waals surface area contributed by atoms with Gasteiger partial charge in [-0.3, -0.25) is 4.55 Å². The molecule has 0 aromatic rings. The van der Waals surface area contributed by atoms with Gasteiger partial charge in [-0.05, 0) is 19.3 Å². The summed E-state index contributed by atoms with van der Waals surface area (Å²) in [6.07, 6.45) is 3.13. The lowest BCUT2D eigenvalue weighted by Crippen LogP contribution is -2.24. The number of hydrogen-bond acceptors (Lipinski definition) is 3. The van der Waals surface area contributed by atoms with Crippen LogP contribution in [0, 0.1) is 5.92 Å². The molecule has 2 bridgehead atoms. The van der Waals surface area contributed by atoms with Gasteiger partial charge in [0, 0.05) is 5.92 Å². The molecule has 12 heavy (non-hydrogen) atoms.